The van der Waals surface area contributed by atoms with E-state index < -0.39 is 0 Å². The van der Waals surface area contributed by atoms with Crippen LogP contribution < -0.4 is 14.4 Å². The molecule has 0 fully saturated rings. The van der Waals surface area contributed by atoms with Crippen LogP contribution in [0, 0.1) is 0 Å². The zero-order valence-corrected chi connectivity index (χ0v) is 17.3. The van der Waals surface area contributed by atoms with Gasteiger partial charge in [0.1, 0.15) is 17.6 Å². The number of fused-ring (bicyclic) bond motifs is 1. The molecule has 30 heavy (non-hydrogen) atoms. The van der Waals surface area contributed by atoms with Crippen molar-refractivity contribution in [2.45, 2.75) is 25.5 Å². The normalized spacial score (nSPS) is 15.3. The number of anilines is 1. The Bertz CT molecular complexity index is 1110. The summed E-state index contributed by atoms with van der Waals surface area (Å²) < 4.78 is 17.4. The second-order valence-electron chi connectivity index (χ2n) is 7.23. The molecule has 4 aromatic rings. The third-order valence-corrected chi connectivity index (χ3v) is 5.94. The van der Waals surface area contributed by atoms with E-state index in [1.165, 1.54) is 22.5 Å². The molecule has 1 aliphatic rings. The molecule has 0 saturated heterocycles. The number of nitrogens with zero attached hydrogens (tertiary/aromatic N) is 3. The summed E-state index contributed by atoms with van der Waals surface area (Å²) in [4.78, 5) is 7.46. The lowest BCUT2D eigenvalue weighted by atomic mass is 9.97. The van der Waals surface area contributed by atoms with Gasteiger partial charge in [0, 0.05) is 24.2 Å². The third kappa shape index (κ3) is 4.02. The van der Waals surface area contributed by atoms with E-state index in [0.29, 0.717) is 11.7 Å². The van der Waals surface area contributed by atoms with Crippen molar-refractivity contribution < 1.29 is 14.0 Å². The molecule has 0 unspecified atom stereocenters. The average Bonchev–Trinajstić information content (AvgIpc) is 3.46. The lowest BCUT2D eigenvalue weighted by molar-refractivity contribution is 0.176. The Balaban J connectivity index is 1.24. The maximum absolute atomic E-state index is 6.22. The summed E-state index contributed by atoms with van der Waals surface area (Å²) in [7, 11) is 1.95. The molecule has 7 heteroatoms. The van der Waals surface area contributed by atoms with Crippen LogP contribution in [-0.2, 0) is 13.0 Å². The van der Waals surface area contributed by atoms with Gasteiger partial charge in [0.15, 0.2) is 0 Å². The lowest BCUT2D eigenvalue weighted by Gasteiger charge is -2.26. The maximum atomic E-state index is 6.22. The Labute approximate surface area is 178 Å². The molecule has 0 N–H and O–H groups in total. The number of rotatable bonds is 6. The van der Waals surface area contributed by atoms with Crippen LogP contribution in [0.3, 0.4) is 0 Å². The van der Waals surface area contributed by atoms with Gasteiger partial charge in [-0.25, -0.2) is 4.98 Å². The van der Waals surface area contributed by atoms with Crippen molar-refractivity contribution in [3.8, 4) is 16.7 Å². The summed E-state index contributed by atoms with van der Waals surface area (Å²) >= 11 is 1.52. The van der Waals surface area contributed by atoms with Crippen LogP contribution in [0.15, 0.2) is 71.5 Å². The highest BCUT2D eigenvalue weighted by molar-refractivity contribution is 7.13. The monoisotopic (exact) mass is 419 g/mol. The minimum Gasteiger partial charge on any atom is -0.485 e. The highest BCUT2D eigenvalue weighted by atomic mass is 32.1. The molecular formula is C23H21N3O3S. The molecule has 0 radical (unpaired) electrons. The van der Waals surface area contributed by atoms with E-state index in [-0.39, 0.29) is 6.10 Å². The Hall–Kier alpha value is -3.32. The van der Waals surface area contributed by atoms with E-state index in [2.05, 4.69) is 40.5 Å². The van der Waals surface area contributed by atoms with Crippen LogP contribution in [0.1, 0.15) is 28.5 Å². The molecule has 2 aromatic heterocycles. The molecule has 0 aliphatic carbocycles. The van der Waals surface area contributed by atoms with Crippen LogP contribution in [0.2, 0.25) is 0 Å². The highest BCUT2D eigenvalue weighted by Gasteiger charge is 2.22. The summed E-state index contributed by atoms with van der Waals surface area (Å²) in [5, 5.41) is 4.36. The molecule has 0 saturated carbocycles. The number of aryl methyl sites for hydroxylation is 1. The van der Waals surface area contributed by atoms with Crippen molar-refractivity contribution in [2.75, 3.05) is 11.9 Å². The molecule has 1 aliphatic heterocycles. The van der Waals surface area contributed by atoms with E-state index in [4.69, 9.17) is 14.0 Å². The quantitative estimate of drug-likeness (QED) is 0.404. The molecule has 0 bridgehead atoms. The molecule has 6 nitrogen and oxygen atoms in total. The van der Waals surface area contributed by atoms with Crippen LogP contribution >= 0.6 is 11.3 Å². The first-order valence-electron chi connectivity index (χ1n) is 9.83. The van der Waals surface area contributed by atoms with E-state index in [0.717, 1.165) is 35.1 Å². The molecule has 1 atom stereocenters. The molecule has 3 heterocycles. The summed E-state index contributed by atoms with van der Waals surface area (Å²) in [5.74, 6) is 2.42. The fourth-order valence-electron chi connectivity index (χ4n) is 3.56. The van der Waals surface area contributed by atoms with Gasteiger partial charge in [-0.3, -0.25) is 0 Å². The molecule has 5 rings (SSSR count). The van der Waals surface area contributed by atoms with Gasteiger partial charge < -0.3 is 18.9 Å². The summed E-state index contributed by atoms with van der Waals surface area (Å²) in [5.41, 5.74) is 2.38. The van der Waals surface area contributed by atoms with Crippen molar-refractivity contribution in [1.29, 1.82) is 0 Å². The van der Waals surface area contributed by atoms with Gasteiger partial charge in [0.05, 0.1) is 12.7 Å². The van der Waals surface area contributed by atoms with Crippen LogP contribution in [0.4, 0.5) is 5.88 Å². The number of aromatic nitrogens is 2. The molecule has 0 spiro atoms. The Kier molecular flexibility index (Phi) is 5.11. The van der Waals surface area contributed by atoms with Crippen molar-refractivity contribution >= 4 is 17.2 Å². The van der Waals surface area contributed by atoms with E-state index in [1.807, 2.05) is 42.4 Å². The van der Waals surface area contributed by atoms with Crippen molar-refractivity contribution in [3.63, 3.8) is 0 Å². The predicted molar refractivity (Wildman–Crippen MR) is 115 cm³/mol. The molecule has 2 aromatic carbocycles. The second kappa shape index (κ2) is 8.20. The number of hydrogen-bond acceptors (Lipinski definition) is 7. The predicted octanol–water partition coefficient (Wildman–Crippen LogP) is 5.63. The minimum absolute atomic E-state index is 0.105. The van der Waals surface area contributed by atoms with E-state index >= 15 is 0 Å². The number of thiazole rings is 1. The van der Waals surface area contributed by atoms with Gasteiger partial charge in [-0.15, -0.1) is 0 Å². The van der Waals surface area contributed by atoms with Crippen LogP contribution in [0.25, 0.3) is 0 Å². The van der Waals surface area contributed by atoms with Crippen LogP contribution in [-0.4, -0.2) is 17.2 Å². The van der Waals surface area contributed by atoms with Gasteiger partial charge in [-0.05, 0) is 42.2 Å². The highest BCUT2D eigenvalue weighted by Crippen LogP contribution is 2.38. The van der Waals surface area contributed by atoms with Gasteiger partial charge in [0.25, 0.3) is 5.19 Å². The SMILES string of the molecule is CN(Cc1cnc(Oc2ccc3c(c2)CC[C@@H](c2ccccc2)O3)s1)c1ccno1. The standard InChI is InChI=1S/C23H21N3O3S/c1-26(22-11-12-25-29-22)15-19-14-24-23(30-19)27-18-8-10-21-17(13-18)7-9-20(28-21)16-5-3-2-4-6-16/h2-6,8,10-14,20H,7,9,15H2,1H3/t20-/m0/s1. The number of hydrogen-bond donors (Lipinski definition) is 0. The third-order valence-electron chi connectivity index (χ3n) is 5.08. The van der Waals surface area contributed by atoms with Crippen molar-refractivity contribution in [1.82, 2.24) is 10.1 Å². The fraction of sp³-hybridized carbons (Fsp3) is 0.217. The van der Waals surface area contributed by atoms with Crippen molar-refractivity contribution in [2.24, 2.45) is 0 Å². The Morgan fingerprint density at radius 2 is 2.07 bits per heavy atom. The molecule has 152 valence electrons. The molecule has 0 amide bonds. The first-order valence-corrected chi connectivity index (χ1v) is 10.7. The first kappa shape index (κ1) is 18.7. The number of benzene rings is 2. The van der Waals surface area contributed by atoms with Gasteiger partial charge in [0.2, 0.25) is 5.88 Å². The Morgan fingerprint density at radius 1 is 1.17 bits per heavy atom. The van der Waals surface area contributed by atoms with Crippen LogP contribution in [0.5, 0.6) is 16.7 Å². The topological polar surface area (TPSA) is 60.6 Å². The zero-order chi connectivity index (χ0) is 20.3. The van der Waals surface area contributed by atoms with Crippen molar-refractivity contribution in [3.05, 3.63) is 83.0 Å². The van der Waals surface area contributed by atoms with Gasteiger partial charge in [-0.2, -0.15) is 0 Å². The average molecular weight is 420 g/mol. The second-order valence-corrected chi connectivity index (χ2v) is 8.30. The van der Waals surface area contributed by atoms with Gasteiger partial charge >= 0.3 is 0 Å². The summed E-state index contributed by atoms with van der Waals surface area (Å²) in [6, 6.07) is 18.2. The molecular weight excluding hydrogens is 398 g/mol. The van der Waals surface area contributed by atoms with Gasteiger partial charge in [-0.1, -0.05) is 46.8 Å². The minimum atomic E-state index is 0.105. The fourth-order valence-corrected chi connectivity index (χ4v) is 4.39. The summed E-state index contributed by atoms with van der Waals surface area (Å²) in [6.07, 6.45) is 5.48. The first-order chi connectivity index (χ1) is 14.7. The van der Waals surface area contributed by atoms with E-state index in [9.17, 15) is 0 Å². The largest absolute Gasteiger partial charge is 0.485 e. The Morgan fingerprint density at radius 3 is 2.90 bits per heavy atom. The zero-order valence-electron chi connectivity index (χ0n) is 16.5. The summed E-state index contributed by atoms with van der Waals surface area (Å²) in [6.45, 7) is 0.676. The lowest BCUT2D eigenvalue weighted by Crippen LogP contribution is -2.15. The number of ether oxygens (including phenoxy) is 2. The van der Waals surface area contributed by atoms with E-state index in [1.54, 1.807) is 6.20 Å². The maximum Gasteiger partial charge on any atom is 0.278 e. The smallest absolute Gasteiger partial charge is 0.278 e.